The van der Waals surface area contributed by atoms with Gasteiger partial charge in [0.05, 0.1) is 20.1 Å². The van der Waals surface area contributed by atoms with Crippen LogP contribution in [0.2, 0.25) is 4.34 Å². The molecule has 158 valence electrons. The molecule has 0 fully saturated rings. The molecule has 0 N–H and O–H groups in total. The van der Waals surface area contributed by atoms with E-state index in [4.69, 9.17) is 16.0 Å². The Kier molecular flexibility index (Phi) is 4.59. The van der Waals surface area contributed by atoms with Gasteiger partial charge in [0.1, 0.15) is 17.9 Å². The van der Waals surface area contributed by atoms with E-state index in [2.05, 4.69) is 20.3 Å². The number of thiophene rings is 1. The topological polar surface area (TPSA) is 91.1 Å². The van der Waals surface area contributed by atoms with Crippen molar-refractivity contribution in [3.63, 3.8) is 0 Å². The van der Waals surface area contributed by atoms with Crippen LogP contribution in [-0.4, -0.2) is 29.4 Å². The third-order valence-corrected chi connectivity index (χ3v) is 5.88. The molecule has 0 saturated carbocycles. The van der Waals surface area contributed by atoms with Crippen LogP contribution >= 0.6 is 22.9 Å². The number of nitrogens with zero attached hydrogens (tertiary/aromatic N) is 6. The zero-order valence-electron chi connectivity index (χ0n) is 16.1. The summed E-state index contributed by atoms with van der Waals surface area (Å²) in [6, 6.07) is 5.72. The standard InChI is InChI=1S/C19H13ClF2N6O2S/c1-8(2)17-26-27(19(29)11-5-12-10(28(11)17)6-13(20)31-12)7-15-24-25-18(30-15)9-3-4-14(21)23-16(9)22/h3-6,8H,7H2,1-2H3. The Morgan fingerprint density at radius 1 is 1.19 bits per heavy atom. The van der Waals surface area contributed by atoms with Gasteiger partial charge in [0.2, 0.25) is 17.8 Å². The predicted molar refractivity (Wildman–Crippen MR) is 110 cm³/mol. The van der Waals surface area contributed by atoms with E-state index in [1.165, 1.54) is 16.0 Å². The molecule has 8 nitrogen and oxygen atoms in total. The van der Waals surface area contributed by atoms with Crippen LogP contribution in [0.25, 0.3) is 27.2 Å². The number of halogens is 3. The molecule has 5 aromatic rings. The third-order valence-electron chi connectivity index (χ3n) is 4.68. The first-order chi connectivity index (χ1) is 14.8. The van der Waals surface area contributed by atoms with Gasteiger partial charge in [-0.15, -0.1) is 21.5 Å². The molecule has 0 radical (unpaired) electrons. The number of fused-ring (bicyclic) bond motifs is 3. The molecule has 0 aromatic carbocycles. The molecule has 0 saturated heterocycles. The van der Waals surface area contributed by atoms with Crippen LogP contribution in [0.15, 0.2) is 33.5 Å². The van der Waals surface area contributed by atoms with Crippen molar-refractivity contribution in [2.45, 2.75) is 26.3 Å². The van der Waals surface area contributed by atoms with E-state index in [9.17, 15) is 13.6 Å². The molecule has 0 bridgehead atoms. The van der Waals surface area contributed by atoms with Gasteiger partial charge in [-0.2, -0.15) is 18.9 Å². The molecule has 5 rings (SSSR count). The largest absolute Gasteiger partial charge is 0.418 e. The Morgan fingerprint density at radius 3 is 2.74 bits per heavy atom. The summed E-state index contributed by atoms with van der Waals surface area (Å²) in [5, 5.41) is 12.1. The van der Waals surface area contributed by atoms with Gasteiger partial charge in [-0.25, -0.2) is 4.68 Å². The minimum atomic E-state index is -1.07. The first-order valence-electron chi connectivity index (χ1n) is 9.18. The highest BCUT2D eigenvalue weighted by Gasteiger charge is 2.20. The smallest absolute Gasteiger partial charge is 0.291 e. The quantitative estimate of drug-likeness (QED) is 0.371. The molecule has 0 atom stereocenters. The summed E-state index contributed by atoms with van der Waals surface area (Å²) in [6.45, 7) is 3.81. The molecule has 0 unspecified atom stereocenters. The van der Waals surface area contributed by atoms with Crippen molar-refractivity contribution in [2.24, 2.45) is 0 Å². The fourth-order valence-corrected chi connectivity index (χ4v) is 4.48. The van der Waals surface area contributed by atoms with Crippen LogP contribution < -0.4 is 5.56 Å². The second-order valence-corrected chi connectivity index (χ2v) is 8.83. The second-order valence-electron chi connectivity index (χ2n) is 7.11. The molecule has 5 aromatic heterocycles. The highest BCUT2D eigenvalue weighted by Crippen LogP contribution is 2.32. The summed E-state index contributed by atoms with van der Waals surface area (Å²) in [6.07, 6.45) is 0. The lowest BCUT2D eigenvalue weighted by molar-refractivity contribution is 0.453. The lowest BCUT2D eigenvalue weighted by atomic mass is 10.2. The van der Waals surface area contributed by atoms with E-state index in [-0.39, 0.29) is 35.4 Å². The van der Waals surface area contributed by atoms with Crippen molar-refractivity contribution in [1.82, 2.24) is 29.4 Å². The molecule has 0 aliphatic heterocycles. The maximum Gasteiger partial charge on any atom is 0.291 e. The summed E-state index contributed by atoms with van der Waals surface area (Å²) in [4.78, 5) is 16.2. The highest BCUT2D eigenvalue weighted by atomic mass is 35.5. The van der Waals surface area contributed by atoms with Gasteiger partial charge in [-0.1, -0.05) is 25.4 Å². The zero-order chi connectivity index (χ0) is 21.9. The minimum Gasteiger partial charge on any atom is -0.418 e. The average Bonchev–Trinajstić information content (AvgIpc) is 3.38. The normalized spacial score (nSPS) is 11.9. The molecule has 0 amide bonds. The third kappa shape index (κ3) is 3.29. The lowest BCUT2D eigenvalue weighted by Gasteiger charge is -2.12. The maximum absolute atomic E-state index is 13.9. The Bertz CT molecular complexity index is 1520. The van der Waals surface area contributed by atoms with Crippen molar-refractivity contribution in [2.75, 3.05) is 0 Å². The Hall–Kier alpha value is -3.18. The van der Waals surface area contributed by atoms with Crippen LogP contribution in [-0.2, 0) is 6.54 Å². The van der Waals surface area contributed by atoms with Crippen molar-refractivity contribution in [3.8, 4) is 11.5 Å². The Balaban J connectivity index is 1.59. The van der Waals surface area contributed by atoms with E-state index in [1.807, 2.05) is 13.8 Å². The molecule has 12 heteroatoms. The zero-order valence-corrected chi connectivity index (χ0v) is 17.7. The number of pyridine rings is 1. The van der Waals surface area contributed by atoms with Gasteiger partial charge >= 0.3 is 0 Å². The highest BCUT2D eigenvalue weighted by molar-refractivity contribution is 7.22. The molecule has 0 spiro atoms. The fourth-order valence-electron chi connectivity index (χ4n) is 3.32. The molecule has 31 heavy (non-hydrogen) atoms. The molecule has 0 aliphatic rings. The van der Waals surface area contributed by atoms with Crippen LogP contribution in [0.5, 0.6) is 0 Å². The van der Waals surface area contributed by atoms with E-state index in [0.717, 1.165) is 22.3 Å². The van der Waals surface area contributed by atoms with Gasteiger partial charge < -0.3 is 4.42 Å². The van der Waals surface area contributed by atoms with E-state index in [0.29, 0.717) is 15.7 Å². The van der Waals surface area contributed by atoms with Crippen molar-refractivity contribution >= 4 is 38.7 Å². The van der Waals surface area contributed by atoms with Crippen LogP contribution in [0, 0.1) is 11.9 Å². The molecular weight excluding hydrogens is 450 g/mol. The van der Waals surface area contributed by atoms with Gasteiger partial charge in [0, 0.05) is 5.92 Å². The average molecular weight is 463 g/mol. The van der Waals surface area contributed by atoms with E-state index >= 15 is 0 Å². The van der Waals surface area contributed by atoms with Gasteiger partial charge in [-0.05, 0) is 24.3 Å². The van der Waals surface area contributed by atoms with Crippen molar-refractivity contribution in [1.29, 1.82) is 0 Å². The molecule has 5 heterocycles. The first kappa shape index (κ1) is 19.8. The van der Waals surface area contributed by atoms with Gasteiger partial charge in [-0.3, -0.25) is 9.20 Å². The number of aromatic nitrogens is 6. The lowest BCUT2D eigenvalue weighted by Crippen LogP contribution is -2.28. The predicted octanol–water partition coefficient (Wildman–Crippen LogP) is 4.26. The monoisotopic (exact) mass is 462 g/mol. The first-order valence-corrected chi connectivity index (χ1v) is 10.4. The minimum absolute atomic E-state index is 0.00116. The SMILES string of the molecule is CC(C)c1nn(Cc2nnc(-c3ccc(F)nc3F)o2)c(=O)c2cc3sc(Cl)cc3n12. The van der Waals surface area contributed by atoms with Crippen molar-refractivity contribution < 1.29 is 13.2 Å². The molecular formula is C19H13ClF2N6O2S. The van der Waals surface area contributed by atoms with Gasteiger partial charge in [0.15, 0.2) is 0 Å². The Labute approximate surface area is 181 Å². The summed E-state index contributed by atoms with van der Waals surface area (Å²) < 4.78 is 36.9. The summed E-state index contributed by atoms with van der Waals surface area (Å²) >= 11 is 7.51. The van der Waals surface area contributed by atoms with Crippen LogP contribution in [0.4, 0.5) is 8.78 Å². The van der Waals surface area contributed by atoms with Gasteiger partial charge in [0.25, 0.3) is 11.4 Å². The number of hydrogen-bond donors (Lipinski definition) is 0. The summed E-state index contributed by atoms with van der Waals surface area (Å²) in [7, 11) is 0. The fraction of sp³-hybridized carbons (Fsp3) is 0.211. The maximum atomic E-state index is 13.9. The number of rotatable bonds is 4. The summed E-state index contributed by atoms with van der Waals surface area (Å²) in [5.41, 5.74) is 0.788. The number of hydrogen-bond acceptors (Lipinski definition) is 7. The Morgan fingerprint density at radius 2 is 2.00 bits per heavy atom. The summed E-state index contributed by atoms with van der Waals surface area (Å²) in [5.74, 6) is -1.49. The second kappa shape index (κ2) is 7.20. The molecule has 0 aliphatic carbocycles. The van der Waals surface area contributed by atoms with E-state index < -0.39 is 11.9 Å². The van der Waals surface area contributed by atoms with E-state index in [1.54, 1.807) is 16.5 Å². The van der Waals surface area contributed by atoms with Crippen molar-refractivity contribution in [3.05, 3.63) is 62.6 Å². The van der Waals surface area contributed by atoms with Crippen LogP contribution in [0.3, 0.4) is 0 Å². The van der Waals surface area contributed by atoms with Crippen LogP contribution in [0.1, 0.15) is 31.5 Å².